The molecule has 89 heavy (non-hydrogen) atoms. The van der Waals surface area contributed by atoms with E-state index in [0.717, 1.165) is 115 Å². The maximum Gasteiger partial charge on any atom is 0.472 e. The maximum absolute atomic E-state index is 13.0. The van der Waals surface area contributed by atoms with E-state index in [0.29, 0.717) is 37.5 Å². The Balaban J connectivity index is 5.22. The molecule has 0 heterocycles. The molecule has 0 fully saturated rings. The van der Waals surface area contributed by atoms with E-state index in [1.54, 1.807) is 0 Å². The van der Waals surface area contributed by atoms with Crippen molar-refractivity contribution in [3.63, 3.8) is 0 Å². The van der Waals surface area contributed by atoms with E-state index in [2.05, 4.69) is 55.4 Å². The molecule has 0 bridgehead atoms. The molecule has 0 aliphatic carbocycles. The molecular formula is C70H136O17P2. The molecule has 0 spiro atoms. The Morgan fingerprint density at radius 2 is 0.539 bits per heavy atom. The zero-order chi connectivity index (χ0) is 66.1. The number of aliphatic hydroxyl groups excluding tert-OH is 1. The molecule has 0 aliphatic rings. The highest BCUT2D eigenvalue weighted by molar-refractivity contribution is 7.47. The largest absolute Gasteiger partial charge is 0.472 e. The number of esters is 4. The SMILES string of the molecule is CCC(C)CCCCCCCCCCCCCCCCC(=O)O[C@H](COC(=O)CCCCCCCCCC(C)C)COP(=O)(O)OC[C@@H](O)COP(=O)(O)OC[C@@H](COC(=O)CCCCCCCCC(C)C)OC(=O)CCCCCCCCCCC(C)CC. The summed E-state index contributed by atoms with van der Waals surface area (Å²) in [6, 6.07) is 0. The van der Waals surface area contributed by atoms with Gasteiger partial charge in [0.2, 0.25) is 0 Å². The zero-order valence-corrected chi connectivity index (χ0v) is 59.8. The van der Waals surface area contributed by atoms with Gasteiger partial charge in [0, 0.05) is 25.7 Å². The molecule has 0 saturated heterocycles. The Kier molecular flexibility index (Phi) is 58.5. The van der Waals surface area contributed by atoms with Crippen LogP contribution in [0.1, 0.15) is 344 Å². The van der Waals surface area contributed by atoms with Gasteiger partial charge in [0.25, 0.3) is 0 Å². The van der Waals surface area contributed by atoms with Crippen LogP contribution in [-0.4, -0.2) is 96.7 Å². The zero-order valence-electron chi connectivity index (χ0n) is 58.1. The second kappa shape index (κ2) is 59.8. The monoisotopic (exact) mass is 1310 g/mol. The maximum atomic E-state index is 13.0. The number of unbranched alkanes of at least 4 members (excludes halogenated alkanes) is 31. The van der Waals surface area contributed by atoms with Crippen molar-refractivity contribution in [1.29, 1.82) is 0 Å². The molecule has 0 aliphatic heterocycles. The van der Waals surface area contributed by atoms with Gasteiger partial charge in [-0.1, -0.05) is 293 Å². The van der Waals surface area contributed by atoms with Crippen molar-refractivity contribution < 1.29 is 80.2 Å². The lowest BCUT2D eigenvalue weighted by Gasteiger charge is -2.21. The number of carbonyl (C=O) groups is 4. The van der Waals surface area contributed by atoms with Gasteiger partial charge in [0.05, 0.1) is 26.4 Å². The molecule has 3 N–H and O–H groups in total. The van der Waals surface area contributed by atoms with E-state index < -0.39 is 97.5 Å². The van der Waals surface area contributed by atoms with Gasteiger partial charge in [0.1, 0.15) is 19.3 Å². The van der Waals surface area contributed by atoms with Gasteiger partial charge in [0.15, 0.2) is 12.2 Å². The van der Waals surface area contributed by atoms with Gasteiger partial charge in [-0.3, -0.25) is 37.3 Å². The lowest BCUT2D eigenvalue weighted by molar-refractivity contribution is -0.161. The van der Waals surface area contributed by atoms with Crippen molar-refractivity contribution in [2.24, 2.45) is 23.7 Å². The Morgan fingerprint density at radius 1 is 0.315 bits per heavy atom. The average Bonchev–Trinajstić information content (AvgIpc) is 3.55. The topological polar surface area (TPSA) is 237 Å². The molecule has 17 nitrogen and oxygen atoms in total. The predicted octanol–water partition coefficient (Wildman–Crippen LogP) is 19.7. The highest BCUT2D eigenvalue weighted by Crippen LogP contribution is 2.45. The number of hydrogen-bond acceptors (Lipinski definition) is 15. The summed E-state index contributed by atoms with van der Waals surface area (Å²) in [6.07, 6.45) is 41.8. The fourth-order valence-corrected chi connectivity index (χ4v) is 12.0. The van der Waals surface area contributed by atoms with Crippen LogP contribution in [0.5, 0.6) is 0 Å². The third-order valence-electron chi connectivity index (χ3n) is 16.8. The Bertz CT molecular complexity index is 1770. The van der Waals surface area contributed by atoms with Crippen LogP contribution < -0.4 is 0 Å². The summed E-state index contributed by atoms with van der Waals surface area (Å²) in [5, 5.41) is 10.6. The van der Waals surface area contributed by atoms with E-state index in [4.69, 9.17) is 37.0 Å². The summed E-state index contributed by atoms with van der Waals surface area (Å²) in [5.74, 6) is 0.866. The fourth-order valence-electron chi connectivity index (χ4n) is 10.4. The minimum atomic E-state index is -4.95. The summed E-state index contributed by atoms with van der Waals surface area (Å²) in [6.45, 7) is 14.1. The van der Waals surface area contributed by atoms with Crippen LogP contribution >= 0.6 is 15.6 Å². The molecule has 7 atom stereocenters. The molecule has 0 saturated carbocycles. The molecule has 0 amide bonds. The van der Waals surface area contributed by atoms with Crippen molar-refractivity contribution >= 4 is 39.5 Å². The lowest BCUT2D eigenvalue weighted by Crippen LogP contribution is -2.30. The van der Waals surface area contributed by atoms with E-state index in [1.807, 2.05) is 0 Å². The van der Waals surface area contributed by atoms with E-state index in [9.17, 15) is 43.2 Å². The number of ether oxygens (including phenoxy) is 4. The number of hydrogen-bond donors (Lipinski definition) is 3. The first kappa shape index (κ1) is 87.1. The summed E-state index contributed by atoms with van der Waals surface area (Å²) in [4.78, 5) is 72.5. The standard InChI is InChI=1S/C70H136O17P2/c1-9-62(7)48-40-32-23-17-15-13-11-12-14-16-18-25-36-44-52-69(74)86-65(56-80-67(72)50-42-34-27-21-22-30-38-46-60(3)4)58-84-88(76,77)82-54-64(71)55-83-89(78,79)85-59-66(57-81-68(73)51-43-35-29-28-31-39-47-61(5)6)87-70(75)53-45-37-26-20-19-24-33-41-49-63(8)10-2/h60-66,71H,9-59H2,1-8H3,(H,76,77)(H,78,79)/t62?,63?,64-,65-,66-/m1/s1. The number of phosphoric acid groups is 2. The smallest absolute Gasteiger partial charge is 0.462 e. The molecular weight excluding hydrogens is 1170 g/mol. The molecule has 0 aromatic rings. The van der Waals surface area contributed by atoms with Gasteiger partial charge in [-0.15, -0.1) is 0 Å². The lowest BCUT2D eigenvalue weighted by atomic mass is 9.99. The second-order valence-corrected chi connectivity index (χ2v) is 29.6. The van der Waals surface area contributed by atoms with Crippen molar-refractivity contribution in [2.45, 2.75) is 363 Å². The first-order chi connectivity index (χ1) is 42.7. The summed E-state index contributed by atoms with van der Waals surface area (Å²) in [5.41, 5.74) is 0. The van der Waals surface area contributed by atoms with Crippen molar-refractivity contribution in [1.82, 2.24) is 0 Å². The number of phosphoric ester groups is 2. The Labute approximate surface area is 543 Å². The minimum Gasteiger partial charge on any atom is -0.462 e. The molecule has 19 heteroatoms. The van der Waals surface area contributed by atoms with E-state index in [1.165, 1.54) is 135 Å². The predicted molar refractivity (Wildman–Crippen MR) is 358 cm³/mol. The van der Waals surface area contributed by atoms with Crippen LogP contribution in [0.2, 0.25) is 0 Å². The number of aliphatic hydroxyl groups is 1. The fraction of sp³-hybridized carbons (Fsp3) is 0.943. The van der Waals surface area contributed by atoms with Gasteiger partial charge in [-0.05, 0) is 49.4 Å². The van der Waals surface area contributed by atoms with Crippen molar-refractivity contribution in [2.75, 3.05) is 39.6 Å². The number of carbonyl (C=O) groups excluding carboxylic acids is 4. The Hall–Kier alpha value is -1.94. The van der Waals surface area contributed by atoms with Crippen LogP contribution in [-0.2, 0) is 65.4 Å². The van der Waals surface area contributed by atoms with Crippen LogP contribution in [0.15, 0.2) is 0 Å². The third-order valence-corrected chi connectivity index (χ3v) is 18.7. The molecule has 0 aromatic carbocycles. The highest BCUT2D eigenvalue weighted by atomic mass is 31.2. The van der Waals surface area contributed by atoms with Gasteiger partial charge in [-0.2, -0.15) is 0 Å². The van der Waals surface area contributed by atoms with E-state index >= 15 is 0 Å². The molecule has 0 aromatic heterocycles. The second-order valence-electron chi connectivity index (χ2n) is 26.7. The van der Waals surface area contributed by atoms with Crippen LogP contribution in [0.25, 0.3) is 0 Å². The number of rotatable bonds is 67. The molecule has 0 radical (unpaired) electrons. The van der Waals surface area contributed by atoms with Crippen LogP contribution in [0, 0.1) is 23.7 Å². The summed E-state index contributed by atoms with van der Waals surface area (Å²) >= 11 is 0. The normalized spacial score (nSPS) is 14.9. The van der Waals surface area contributed by atoms with Gasteiger partial charge < -0.3 is 33.8 Å². The van der Waals surface area contributed by atoms with Crippen molar-refractivity contribution in [3.05, 3.63) is 0 Å². The van der Waals surface area contributed by atoms with Crippen LogP contribution in [0.4, 0.5) is 0 Å². The molecule has 0 rings (SSSR count). The molecule has 4 unspecified atom stereocenters. The van der Waals surface area contributed by atoms with Crippen molar-refractivity contribution in [3.8, 4) is 0 Å². The van der Waals surface area contributed by atoms with Crippen LogP contribution in [0.3, 0.4) is 0 Å². The molecule has 528 valence electrons. The summed E-state index contributed by atoms with van der Waals surface area (Å²) < 4.78 is 68.2. The quantitative estimate of drug-likeness (QED) is 0.0222. The van der Waals surface area contributed by atoms with E-state index in [-0.39, 0.29) is 25.7 Å². The minimum absolute atomic E-state index is 0.103. The third kappa shape index (κ3) is 62.0. The summed E-state index contributed by atoms with van der Waals surface area (Å²) in [7, 11) is -9.90. The van der Waals surface area contributed by atoms with Gasteiger partial charge >= 0.3 is 39.5 Å². The average molecular weight is 1310 g/mol. The first-order valence-electron chi connectivity index (χ1n) is 36.3. The Morgan fingerprint density at radius 3 is 0.798 bits per heavy atom. The van der Waals surface area contributed by atoms with Gasteiger partial charge in [-0.25, -0.2) is 9.13 Å². The first-order valence-corrected chi connectivity index (χ1v) is 39.3. The highest BCUT2D eigenvalue weighted by Gasteiger charge is 2.30.